The van der Waals surface area contributed by atoms with Crippen molar-refractivity contribution in [2.75, 3.05) is 0 Å². The lowest BCUT2D eigenvalue weighted by Gasteiger charge is -1.92. The van der Waals surface area contributed by atoms with Gasteiger partial charge in [0.05, 0.1) is 15.1 Å². The Morgan fingerprint density at radius 2 is 2.25 bits per heavy atom. The second-order valence-corrected chi connectivity index (χ2v) is 6.24. The highest BCUT2D eigenvalue weighted by atomic mass is 127. The van der Waals surface area contributed by atoms with E-state index in [9.17, 15) is 10.1 Å². The molecule has 1 heterocycles. The molecule has 0 spiro atoms. The van der Waals surface area contributed by atoms with Crippen molar-refractivity contribution in [2.45, 2.75) is 6.92 Å². The first kappa shape index (κ1) is 14.9. The molecule has 1 aromatic heterocycles. The number of nitrogens with zero attached hydrogens (tertiary/aromatic N) is 2. The number of allylic oxidation sites excluding steroid dienone is 4. The van der Waals surface area contributed by atoms with Crippen molar-refractivity contribution in [2.24, 2.45) is 0 Å². The Balaban J connectivity index is 2.28. The van der Waals surface area contributed by atoms with Crippen LogP contribution in [0.1, 0.15) is 11.9 Å². The van der Waals surface area contributed by atoms with Crippen molar-refractivity contribution in [3.8, 4) is 0 Å². The van der Waals surface area contributed by atoms with E-state index in [-0.39, 0.29) is 5.70 Å². The zero-order valence-corrected chi connectivity index (χ0v) is 13.6. The van der Waals surface area contributed by atoms with E-state index >= 15 is 0 Å². The van der Waals surface area contributed by atoms with Crippen molar-refractivity contribution in [1.82, 2.24) is 4.98 Å². The van der Waals surface area contributed by atoms with Gasteiger partial charge in [-0.3, -0.25) is 10.1 Å². The summed E-state index contributed by atoms with van der Waals surface area (Å²) in [6.07, 6.45) is 4.52. The summed E-state index contributed by atoms with van der Waals surface area (Å²) in [5, 5.41) is 11.5. The van der Waals surface area contributed by atoms with Crippen LogP contribution >= 0.6 is 33.9 Å². The van der Waals surface area contributed by atoms with E-state index in [1.165, 1.54) is 23.5 Å². The molecule has 0 aliphatic heterocycles. The molecule has 0 bridgehead atoms. The Kier molecular flexibility index (Phi) is 4.66. The lowest BCUT2D eigenvalue weighted by atomic mass is 10.2. The number of rotatable bonds is 4. The fraction of sp³-hybridized carbons (Fsp3) is 0.0714. The molecule has 2 aromatic rings. The maximum atomic E-state index is 10.7. The third-order valence-corrected chi connectivity index (χ3v) is 4.35. The first-order valence-corrected chi connectivity index (χ1v) is 7.65. The highest BCUT2D eigenvalue weighted by molar-refractivity contribution is 14.1. The van der Waals surface area contributed by atoms with E-state index in [1.807, 2.05) is 12.1 Å². The summed E-state index contributed by atoms with van der Waals surface area (Å²) in [6, 6.07) is 6.01. The van der Waals surface area contributed by atoms with E-state index in [0.717, 1.165) is 18.8 Å². The number of aromatic nitrogens is 1. The lowest BCUT2D eigenvalue weighted by Crippen LogP contribution is -1.94. The topological polar surface area (TPSA) is 56.0 Å². The van der Waals surface area contributed by atoms with Crippen LogP contribution in [-0.2, 0) is 0 Å². The second-order valence-electron chi connectivity index (χ2n) is 3.96. The maximum Gasteiger partial charge on any atom is 0.265 e. The predicted octanol–water partition coefficient (Wildman–Crippen LogP) is 4.65. The van der Waals surface area contributed by atoms with Gasteiger partial charge in [0, 0.05) is 15.2 Å². The molecule has 0 fully saturated rings. The number of benzene rings is 1. The fourth-order valence-corrected chi connectivity index (χ4v) is 3.21. The molecule has 0 saturated heterocycles. The molecule has 0 aliphatic carbocycles. The van der Waals surface area contributed by atoms with E-state index in [2.05, 4.69) is 40.2 Å². The summed E-state index contributed by atoms with van der Waals surface area (Å²) in [6.45, 7) is 5.55. The number of halogens is 1. The summed E-state index contributed by atoms with van der Waals surface area (Å²) >= 11 is 3.78. The Morgan fingerprint density at radius 3 is 2.90 bits per heavy atom. The first-order valence-electron chi connectivity index (χ1n) is 5.75. The minimum atomic E-state index is -0.426. The number of nitro groups is 1. The SMILES string of the molecule is C=C(/C=C\C(=C/C)[N+](=O)[O-])c1nc2ccc(I)cc2s1. The molecule has 1 aromatic carbocycles. The van der Waals surface area contributed by atoms with Crippen LogP contribution in [0.4, 0.5) is 0 Å². The summed E-state index contributed by atoms with van der Waals surface area (Å²) in [5.41, 5.74) is 1.63. The van der Waals surface area contributed by atoms with Gasteiger partial charge in [-0.15, -0.1) is 11.3 Å². The van der Waals surface area contributed by atoms with Gasteiger partial charge in [0.2, 0.25) is 0 Å². The molecule has 0 saturated carbocycles. The standard InChI is InChI=1S/C14H11IN2O2S/c1-3-11(17(18)19)6-4-9(2)14-16-12-7-5-10(15)8-13(12)20-14/h3-8H,2H2,1H3/b6-4-,11-3+. The van der Waals surface area contributed by atoms with Crippen molar-refractivity contribution in [3.05, 3.63) is 67.4 Å². The maximum absolute atomic E-state index is 10.7. The number of hydrogen-bond donors (Lipinski definition) is 0. The van der Waals surface area contributed by atoms with Gasteiger partial charge in [-0.25, -0.2) is 4.98 Å². The molecule has 4 nitrogen and oxygen atoms in total. The molecule has 2 rings (SSSR count). The quantitative estimate of drug-likeness (QED) is 0.326. The molecule has 0 unspecified atom stereocenters. The van der Waals surface area contributed by atoms with Crippen LogP contribution in [0.15, 0.2) is 48.7 Å². The van der Waals surface area contributed by atoms with Gasteiger partial charge in [0.1, 0.15) is 5.01 Å². The minimum absolute atomic E-state index is 0.0433. The molecule has 6 heteroatoms. The van der Waals surface area contributed by atoms with E-state index in [4.69, 9.17) is 0 Å². The lowest BCUT2D eigenvalue weighted by molar-refractivity contribution is -0.419. The van der Waals surface area contributed by atoms with Crippen LogP contribution in [0, 0.1) is 13.7 Å². The van der Waals surface area contributed by atoms with Gasteiger partial charge < -0.3 is 0 Å². The van der Waals surface area contributed by atoms with Gasteiger partial charge >= 0.3 is 0 Å². The first-order chi connectivity index (χ1) is 9.51. The molecular formula is C14H11IN2O2S. The third kappa shape index (κ3) is 3.31. The van der Waals surface area contributed by atoms with Gasteiger partial charge in [0.15, 0.2) is 0 Å². The van der Waals surface area contributed by atoms with E-state index < -0.39 is 4.92 Å². The Morgan fingerprint density at radius 1 is 1.50 bits per heavy atom. The molecule has 0 N–H and O–H groups in total. The molecular weight excluding hydrogens is 387 g/mol. The summed E-state index contributed by atoms with van der Waals surface area (Å²) in [5.74, 6) is 0. The van der Waals surface area contributed by atoms with Crippen LogP contribution in [0.2, 0.25) is 0 Å². The third-order valence-electron chi connectivity index (χ3n) is 2.59. The Labute approximate surface area is 133 Å². The number of fused-ring (bicyclic) bond motifs is 1. The number of thiazole rings is 1. The summed E-state index contributed by atoms with van der Waals surface area (Å²) in [4.78, 5) is 14.8. The van der Waals surface area contributed by atoms with E-state index in [1.54, 1.807) is 13.0 Å². The van der Waals surface area contributed by atoms with Gasteiger partial charge in [-0.1, -0.05) is 6.58 Å². The summed E-state index contributed by atoms with van der Waals surface area (Å²) in [7, 11) is 0. The van der Waals surface area contributed by atoms with Gasteiger partial charge in [0.25, 0.3) is 5.70 Å². The van der Waals surface area contributed by atoms with Crippen LogP contribution in [0.3, 0.4) is 0 Å². The predicted molar refractivity (Wildman–Crippen MR) is 91.3 cm³/mol. The smallest absolute Gasteiger partial charge is 0.258 e. The average molecular weight is 398 g/mol. The molecule has 0 radical (unpaired) electrons. The van der Waals surface area contributed by atoms with E-state index in [0.29, 0.717) is 5.57 Å². The zero-order valence-electron chi connectivity index (χ0n) is 10.7. The Hall–Kier alpha value is -1.54. The molecule has 0 amide bonds. The molecule has 102 valence electrons. The Bertz CT molecular complexity index is 747. The number of hydrogen-bond acceptors (Lipinski definition) is 4. The normalized spacial score (nSPS) is 12.2. The van der Waals surface area contributed by atoms with Crippen LogP contribution < -0.4 is 0 Å². The van der Waals surface area contributed by atoms with Crippen molar-refractivity contribution in [3.63, 3.8) is 0 Å². The monoisotopic (exact) mass is 398 g/mol. The van der Waals surface area contributed by atoms with Crippen molar-refractivity contribution < 1.29 is 4.92 Å². The molecule has 0 aliphatic rings. The van der Waals surface area contributed by atoms with Crippen LogP contribution in [0.25, 0.3) is 15.8 Å². The zero-order chi connectivity index (χ0) is 14.7. The average Bonchev–Trinajstić information content (AvgIpc) is 2.81. The van der Waals surface area contributed by atoms with Gasteiger partial charge in [-0.05, 0) is 59.9 Å². The molecule has 20 heavy (non-hydrogen) atoms. The largest absolute Gasteiger partial charge is 0.265 e. The minimum Gasteiger partial charge on any atom is -0.258 e. The second kappa shape index (κ2) is 6.27. The highest BCUT2D eigenvalue weighted by Gasteiger charge is 2.07. The van der Waals surface area contributed by atoms with Crippen molar-refractivity contribution >= 4 is 49.7 Å². The fourth-order valence-electron chi connectivity index (χ4n) is 1.56. The molecule has 0 atom stereocenters. The highest BCUT2D eigenvalue weighted by Crippen LogP contribution is 2.28. The van der Waals surface area contributed by atoms with Crippen LogP contribution in [0.5, 0.6) is 0 Å². The summed E-state index contributed by atoms with van der Waals surface area (Å²) < 4.78 is 2.23. The van der Waals surface area contributed by atoms with Gasteiger partial charge in [-0.2, -0.15) is 0 Å². The van der Waals surface area contributed by atoms with Crippen molar-refractivity contribution in [1.29, 1.82) is 0 Å². The van der Waals surface area contributed by atoms with Crippen LogP contribution in [-0.4, -0.2) is 9.91 Å².